The molecule has 2 amide bonds. The number of anilines is 1. The molecule has 0 fully saturated rings. The molecular weight excluding hydrogens is 418 g/mol. The van der Waals surface area contributed by atoms with Crippen molar-refractivity contribution in [2.24, 2.45) is 0 Å². The van der Waals surface area contributed by atoms with Gasteiger partial charge in [0.25, 0.3) is 11.8 Å². The zero-order chi connectivity index (χ0) is 22.5. The zero-order valence-electron chi connectivity index (χ0n) is 17.3. The average molecular weight is 444 g/mol. The second-order valence-corrected chi connectivity index (χ2v) is 7.19. The van der Waals surface area contributed by atoms with Gasteiger partial charge in [0.1, 0.15) is 5.75 Å². The van der Waals surface area contributed by atoms with E-state index in [-0.39, 0.29) is 25.3 Å². The smallest absolute Gasteiger partial charge is 0.306 e. The summed E-state index contributed by atoms with van der Waals surface area (Å²) in [6, 6.07) is 10.7. The summed E-state index contributed by atoms with van der Waals surface area (Å²) < 4.78 is 10.5. The maximum absolute atomic E-state index is 12.6. The third-order valence-corrected chi connectivity index (χ3v) is 4.87. The Morgan fingerprint density at radius 3 is 2.61 bits per heavy atom. The Morgan fingerprint density at radius 2 is 1.97 bits per heavy atom. The lowest BCUT2D eigenvalue weighted by Crippen LogP contribution is -2.35. The van der Waals surface area contributed by atoms with E-state index in [1.807, 2.05) is 18.4 Å². The highest BCUT2D eigenvalue weighted by Crippen LogP contribution is 2.20. The van der Waals surface area contributed by atoms with Gasteiger partial charge >= 0.3 is 5.97 Å². The Labute approximate surface area is 185 Å². The van der Waals surface area contributed by atoms with E-state index in [9.17, 15) is 14.4 Å². The van der Waals surface area contributed by atoms with Crippen molar-refractivity contribution in [2.45, 2.75) is 26.2 Å². The van der Waals surface area contributed by atoms with Crippen molar-refractivity contribution in [3.05, 3.63) is 46.7 Å². The van der Waals surface area contributed by atoms with Crippen molar-refractivity contribution in [1.82, 2.24) is 5.32 Å². The van der Waals surface area contributed by atoms with Crippen LogP contribution in [0.1, 0.15) is 36.5 Å². The van der Waals surface area contributed by atoms with Gasteiger partial charge in [-0.15, -0.1) is 0 Å². The lowest BCUT2D eigenvalue weighted by atomic mass is 10.2. The molecule has 0 aliphatic carbocycles. The van der Waals surface area contributed by atoms with E-state index in [1.165, 1.54) is 16.2 Å². The minimum atomic E-state index is -0.523. The Morgan fingerprint density at radius 1 is 1.19 bits per heavy atom. The third-order valence-electron chi connectivity index (χ3n) is 4.19. The maximum atomic E-state index is 12.6. The van der Waals surface area contributed by atoms with Crippen LogP contribution < -0.4 is 15.0 Å². The average Bonchev–Trinajstić information content (AvgIpc) is 3.32. The van der Waals surface area contributed by atoms with Gasteiger partial charge < -0.3 is 19.7 Å². The van der Waals surface area contributed by atoms with Gasteiger partial charge in [0.15, 0.2) is 6.61 Å². The summed E-state index contributed by atoms with van der Waals surface area (Å²) >= 11 is 1.43. The van der Waals surface area contributed by atoms with Crippen LogP contribution in [0.4, 0.5) is 5.69 Å². The fourth-order valence-electron chi connectivity index (χ4n) is 2.67. The van der Waals surface area contributed by atoms with E-state index in [1.54, 1.807) is 35.7 Å². The first-order valence-corrected chi connectivity index (χ1v) is 10.9. The number of rotatable bonds is 12. The number of benzene rings is 1. The number of thiophene rings is 1. The van der Waals surface area contributed by atoms with Crippen LogP contribution >= 0.6 is 11.3 Å². The molecule has 0 bridgehead atoms. The fraction of sp³-hybridized carbons (Fsp3) is 0.364. The topological polar surface area (TPSA) is 109 Å². The van der Waals surface area contributed by atoms with Crippen LogP contribution in [-0.2, 0) is 14.3 Å². The van der Waals surface area contributed by atoms with E-state index in [0.29, 0.717) is 36.6 Å². The van der Waals surface area contributed by atoms with Crippen LogP contribution in [0.15, 0.2) is 41.1 Å². The van der Waals surface area contributed by atoms with Crippen molar-refractivity contribution in [3.8, 4) is 11.8 Å². The quantitative estimate of drug-likeness (QED) is 0.399. The van der Waals surface area contributed by atoms with E-state index >= 15 is 0 Å². The molecular formula is C22H25N3O5S. The summed E-state index contributed by atoms with van der Waals surface area (Å²) in [5.41, 5.74) is 1.18. The number of nitrogens with one attached hydrogen (secondary N) is 1. The normalized spacial score (nSPS) is 10.1. The predicted octanol–water partition coefficient (Wildman–Crippen LogP) is 3.15. The minimum absolute atomic E-state index is 0.0818. The minimum Gasteiger partial charge on any atom is -0.494 e. The molecule has 0 saturated heterocycles. The number of ether oxygens (including phenoxy) is 2. The molecule has 0 aliphatic heterocycles. The lowest BCUT2D eigenvalue weighted by Gasteiger charge is -2.22. The summed E-state index contributed by atoms with van der Waals surface area (Å²) in [6.07, 6.45) is 0.634. The molecule has 2 aromatic rings. The monoisotopic (exact) mass is 443 g/mol. The highest BCUT2D eigenvalue weighted by molar-refractivity contribution is 7.08. The molecule has 0 spiro atoms. The van der Waals surface area contributed by atoms with Crippen molar-refractivity contribution >= 4 is 34.8 Å². The second-order valence-electron chi connectivity index (χ2n) is 6.41. The third kappa shape index (κ3) is 8.10. The number of amides is 2. The van der Waals surface area contributed by atoms with E-state index in [4.69, 9.17) is 14.7 Å². The summed E-state index contributed by atoms with van der Waals surface area (Å²) in [4.78, 5) is 37.7. The molecule has 164 valence electrons. The summed E-state index contributed by atoms with van der Waals surface area (Å²) in [5.74, 6) is -0.451. The van der Waals surface area contributed by atoms with Gasteiger partial charge in [-0.1, -0.05) is 0 Å². The number of hydrogen-bond acceptors (Lipinski definition) is 7. The van der Waals surface area contributed by atoms with Gasteiger partial charge in [-0.05, 0) is 49.1 Å². The van der Waals surface area contributed by atoms with Crippen LogP contribution in [-0.4, -0.2) is 44.1 Å². The van der Waals surface area contributed by atoms with E-state index in [2.05, 4.69) is 5.32 Å². The highest BCUT2D eigenvalue weighted by atomic mass is 32.1. The van der Waals surface area contributed by atoms with E-state index < -0.39 is 18.5 Å². The number of nitrogens with zero attached hydrogens (tertiary/aromatic N) is 2. The Kier molecular flexibility index (Phi) is 10.0. The zero-order valence-corrected chi connectivity index (χ0v) is 18.2. The number of carbonyl (C=O) groups excluding carboxylic acids is 3. The lowest BCUT2D eigenvalue weighted by molar-refractivity contribution is -0.147. The molecule has 0 saturated carbocycles. The Balaban J connectivity index is 1.78. The van der Waals surface area contributed by atoms with Gasteiger partial charge in [0.2, 0.25) is 0 Å². The van der Waals surface area contributed by atoms with Crippen LogP contribution in [0.3, 0.4) is 0 Å². The molecule has 8 nitrogen and oxygen atoms in total. The first-order chi connectivity index (χ1) is 15.0. The molecule has 1 heterocycles. The molecule has 1 aromatic heterocycles. The van der Waals surface area contributed by atoms with Gasteiger partial charge in [0, 0.05) is 36.1 Å². The van der Waals surface area contributed by atoms with Crippen molar-refractivity contribution in [1.29, 1.82) is 5.26 Å². The molecule has 0 radical (unpaired) electrons. The first-order valence-electron chi connectivity index (χ1n) is 9.91. The second kappa shape index (κ2) is 13.0. The predicted molar refractivity (Wildman–Crippen MR) is 117 cm³/mol. The Bertz CT molecular complexity index is 891. The molecule has 9 heteroatoms. The number of nitriles is 1. The summed E-state index contributed by atoms with van der Waals surface area (Å²) in [7, 11) is 0. The van der Waals surface area contributed by atoms with Gasteiger partial charge in [-0.3, -0.25) is 14.4 Å². The van der Waals surface area contributed by atoms with Gasteiger partial charge in [-0.25, -0.2) is 0 Å². The van der Waals surface area contributed by atoms with Crippen LogP contribution in [0.2, 0.25) is 0 Å². The standard InChI is InChI=1S/C22H25N3O5S/c1-2-29-19-8-6-18(7-9-19)25(13-4-11-23)20(26)15-30-21(27)5-3-12-24-22(28)17-10-14-31-16-17/h6-10,14,16H,2-5,12-13,15H2,1H3,(H,24,28). The largest absolute Gasteiger partial charge is 0.494 e. The van der Waals surface area contributed by atoms with Crippen molar-refractivity contribution < 1.29 is 23.9 Å². The summed E-state index contributed by atoms with van der Waals surface area (Å²) in [5, 5.41) is 15.2. The molecule has 1 aromatic carbocycles. The first kappa shape index (κ1) is 23.9. The highest BCUT2D eigenvalue weighted by Gasteiger charge is 2.18. The van der Waals surface area contributed by atoms with E-state index in [0.717, 1.165) is 0 Å². The number of carbonyl (C=O) groups is 3. The van der Waals surface area contributed by atoms with Crippen molar-refractivity contribution in [2.75, 3.05) is 31.2 Å². The van der Waals surface area contributed by atoms with Gasteiger partial charge in [-0.2, -0.15) is 16.6 Å². The summed E-state index contributed by atoms with van der Waals surface area (Å²) in [6.45, 7) is 2.51. The van der Waals surface area contributed by atoms with Gasteiger partial charge in [0.05, 0.1) is 19.1 Å². The maximum Gasteiger partial charge on any atom is 0.306 e. The van der Waals surface area contributed by atoms with Crippen LogP contribution in [0.25, 0.3) is 0 Å². The van der Waals surface area contributed by atoms with Crippen LogP contribution in [0, 0.1) is 11.3 Å². The SMILES string of the molecule is CCOc1ccc(N(CCC#N)C(=O)COC(=O)CCCNC(=O)c2ccsc2)cc1. The number of hydrogen-bond donors (Lipinski definition) is 1. The molecule has 2 rings (SSSR count). The molecule has 31 heavy (non-hydrogen) atoms. The van der Waals surface area contributed by atoms with Crippen LogP contribution in [0.5, 0.6) is 5.75 Å². The number of esters is 1. The Hall–Kier alpha value is -3.38. The fourth-order valence-corrected chi connectivity index (χ4v) is 3.31. The molecule has 1 N–H and O–H groups in total. The van der Waals surface area contributed by atoms with Crippen molar-refractivity contribution in [3.63, 3.8) is 0 Å². The molecule has 0 atom stereocenters. The molecule has 0 aliphatic rings. The molecule has 0 unspecified atom stereocenters.